The van der Waals surface area contributed by atoms with Gasteiger partial charge in [-0.1, -0.05) is 115 Å². The predicted octanol–water partition coefficient (Wildman–Crippen LogP) is 8.80. The molecule has 8 heteroatoms. The summed E-state index contributed by atoms with van der Waals surface area (Å²) in [6.45, 7) is 7.49. The van der Waals surface area contributed by atoms with Gasteiger partial charge in [0.05, 0.1) is 13.3 Å². The number of benzene rings is 2. The van der Waals surface area contributed by atoms with E-state index in [4.69, 9.17) is 0 Å². The normalized spacial score (nSPS) is 11.2. The number of urea groups is 2. The van der Waals surface area contributed by atoms with Crippen LogP contribution in [0.4, 0.5) is 21.0 Å². The summed E-state index contributed by atoms with van der Waals surface area (Å²) in [7, 11) is 4.09. The van der Waals surface area contributed by atoms with Gasteiger partial charge in [0, 0.05) is 11.4 Å². The summed E-state index contributed by atoms with van der Waals surface area (Å²) in [5, 5.41) is 11.8. The van der Waals surface area contributed by atoms with Crippen molar-refractivity contribution in [2.24, 2.45) is 0 Å². The Labute approximate surface area is 274 Å². The molecule has 0 saturated heterocycles. The minimum atomic E-state index is -0.205. The smallest absolute Gasteiger partial charge is 0.320 e. The second kappa shape index (κ2) is 24.2. The van der Waals surface area contributed by atoms with Crippen LogP contribution in [0.25, 0.3) is 0 Å². The third-order valence-electron chi connectivity index (χ3n) is 8.08. The number of hydrogen-bond acceptors (Lipinski definition) is 4. The first-order chi connectivity index (χ1) is 21.9. The Balaban J connectivity index is 1.68. The summed E-state index contributed by atoms with van der Waals surface area (Å²) in [6.07, 6.45) is 18.7. The molecule has 4 amide bonds. The summed E-state index contributed by atoms with van der Waals surface area (Å²) < 4.78 is 0. The fraction of sp³-hybridized carbons (Fsp3) is 0.622. The Hall–Kier alpha value is -3.10. The molecule has 2 aromatic rings. The van der Waals surface area contributed by atoms with E-state index in [-0.39, 0.29) is 12.1 Å². The molecule has 45 heavy (non-hydrogen) atoms. The zero-order valence-electron chi connectivity index (χ0n) is 28.8. The monoisotopic (exact) mass is 622 g/mol. The molecule has 0 heterocycles. The highest BCUT2D eigenvalue weighted by Gasteiger charge is 2.07. The van der Waals surface area contributed by atoms with E-state index in [2.05, 4.69) is 44.9 Å². The molecule has 0 saturated carbocycles. The van der Waals surface area contributed by atoms with Gasteiger partial charge in [-0.25, -0.2) is 9.59 Å². The molecule has 0 aliphatic rings. The molecule has 0 fully saturated rings. The van der Waals surface area contributed by atoms with Crippen LogP contribution in [0.3, 0.4) is 0 Å². The highest BCUT2D eigenvalue weighted by Crippen LogP contribution is 2.18. The van der Waals surface area contributed by atoms with E-state index in [1.807, 2.05) is 62.6 Å². The topological polar surface area (TPSA) is 88.7 Å². The molecule has 8 nitrogen and oxygen atoms in total. The van der Waals surface area contributed by atoms with Gasteiger partial charge >= 0.3 is 12.1 Å². The maximum atomic E-state index is 12.5. The first kappa shape index (κ1) is 38.1. The number of carbonyl (C=O) groups is 2. The molecule has 0 unspecified atom stereocenters. The van der Waals surface area contributed by atoms with Crippen LogP contribution in [0.5, 0.6) is 0 Å². The molecule has 0 bridgehead atoms. The lowest BCUT2D eigenvalue weighted by atomic mass is 10.0. The minimum absolute atomic E-state index is 0.205. The second-order valence-corrected chi connectivity index (χ2v) is 12.6. The number of nitrogens with one attached hydrogen (secondary N) is 4. The van der Waals surface area contributed by atoms with Crippen molar-refractivity contribution in [1.82, 2.24) is 20.4 Å². The molecular weight excluding hydrogens is 560 g/mol. The average Bonchev–Trinajstić information content (AvgIpc) is 3.02. The molecule has 2 rings (SSSR count). The van der Waals surface area contributed by atoms with E-state index >= 15 is 0 Å². The van der Waals surface area contributed by atoms with Crippen molar-refractivity contribution < 1.29 is 9.59 Å². The summed E-state index contributed by atoms with van der Waals surface area (Å²) in [6, 6.07) is 15.4. The van der Waals surface area contributed by atoms with Gasteiger partial charge in [-0.2, -0.15) is 0 Å². The molecule has 0 spiro atoms. The number of hydrogen-bond donors (Lipinski definition) is 4. The van der Waals surface area contributed by atoms with E-state index in [1.165, 1.54) is 77.0 Å². The molecular formula is C37H62N6O2. The molecule has 0 aromatic heterocycles. The van der Waals surface area contributed by atoms with Gasteiger partial charge in [-0.05, 0) is 81.8 Å². The van der Waals surface area contributed by atoms with Gasteiger partial charge in [0.1, 0.15) is 0 Å². The Morgan fingerprint density at radius 2 is 0.933 bits per heavy atom. The van der Waals surface area contributed by atoms with Crippen molar-refractivity contribution in [3.8, 4) is 0 Å². The lowest BCUT2D eigenvalue weighted by molar-refractivity contribution is 0.239. The lowest BCUT2D eigenvalue weighted by Gasteiger charge is -2.18. The SMILES string of the molecule is CCCCCCCCCN(C)CNC(=O)Nc1cccc(Cc2cccc(NC(=O)NCN(C)CCCCCCCCC)c2)c1. The molecule has 4 N–H and O–H groups in total. The quantitative estimate of drug-likeness (QED) is 0.0696. The van der Waals surface area contributed by atoms with Gasteiger partial charge in [-0.3, -0.25) is 9.80 Å². The molecule has 0 radical (unpaired) electrons. The third kappa shape index (κ3) is 19.1. The average molecular weight is 623 g/mol. The van der Waals surface area contributed by atoms with Crippen molar-refractivity contribution in [3.05, 3.63) is 59.7 Å². The zero-order valence-corrected chi connectivity index (χ0v) is 28.8. The third-order valence-corrected chi connectivity index (χ3v) is 8.08. The maximum absolute atomic E-state index is 12.5. The van der Waals surface area contributed by atoms with Gasteiger partial charge < -0.3 is 21.3 Å². The van der Waals surface area contributed by atoms with Crippen LogP contribution in [-0.2, 0) is 6.42 Å². The van der Waals surface area contributed by atoms with Crippen molar-refractivity contribution in [3.63, 3.8) is 0 Å². The summed E-state index contributed by atoms with van der Waals surface area (Å²) in [5.74, 6) is 0. The van der Waals surface area contributed by atoms with Crippen LogP contribution >= 0.6 is 0 Å². The lowest BCUT2D eigenvalue weighted by Crippen LogP contribution is -2.38. The van der Waals surface area contributed by atoms with E-state index < -0.39 is 0 Å². The van der Waals surface area contributed by atoms with E-state index in [1.54, 1.807) is 0 Å². The van der Waals surface area contributed by atoms with Gasteiger partial charge in [-0.15, -0.1) is 0 Å². The summed E-state index contributed by atoms with van der Waals surface area (Å²) in [4.78, 5) is 29.3. The van der Waals surface area contributed by atoms with Gasteiger partial charge in [0.2, 0.25) is 0 Å². The number of carbonyl (C=O) groups excluding carboxylic acids is 2. The largest absolute Gasteiger partial charge is 0.325 e. The number of amides is 4. The minimum Gasteiger partial charge on any atom is -0.325 e. The first-order valence-corrected chi connectivity index (χ1v) is 17.5. The number of nitrogens with zero attached hydrogens (tertiary/aromatic N) is 2. The van der Waals surface area contributed by atoms with Gasteiger partial charge in [0.15, 0.2) is 0 Å². The Morgan fingerprint density at radius 1 is 0.556 bits per heavy atom. The van der Waals surface area contributed by atoms with Crippen molar-refractivity contribution in [2.75, 3.05) is 51.2 Å². The highest BCUT2D eigenvalue weighted by atomic mass is 16.2. The molecule has 0 aliphatic carbocycles. The van der Waals surface area contributed by atoms with Crippen molar-refractivity contribution >= 4 is 23.4 Å². The standard InChI is InChI=1S/C37H62N6O2/c1-5-7-9-11-13-15-17-25-42(3)30-38-36(44)40-34-23-19-21-32(28-34)27-33-22-20-24-35(29-33)41-37(45)39-31-43(4)26-18-16-14-12-10-8-6-2/h19-24,28-29H,5-18,25-27,30-31H2,1-4H3,(H2,38,40,44)(H2,39,41,45). The van der Waals surface area contributed by atoms with Crippen LogP contribution in [0.1, 0.15) is 115 Å². The number of rotatable bonds is 24. The molecule has 2 aromatic carbocycles. The number of unbranched alkanes of at least 4 members (excludes halogenated alkanes) is 12. The van der Waals surface area contributed by atoms with Crippen molar-refractivity contribution in [2.45, 2.75) is 110 Å². The highest BCUT2D eigenvalue weighted by molar-refractivity contribution is 5.89. The van der Waals surface area contributed by atoms with Gasteiger partial charge in [0.25, 0.3) is 0 Å². The molecule has 252 valence electrons. The Kier molecular flexibility index (Phi) is 20.5. The first-order valence-electron chi connectivity index (χ1n) is 17.5. The Morgan fingerprint density at radius 3 is 1.33 bits per heavy atom. The van der Waals surface area contributed by atoms with Crippen molar-refractivity contribution in [1.29, 1.82) is 0 Å². The molecule has 0 aliphatic heterocycles. The maximum Gasteiger partial charge on any atom is 0.320 e. The number of anilines is 2. The van der Waals surface area contributed by atoms with E-state index in [0.717, 1.165) is 48.4 Å². The summed E-state index contributed by atoms with van der Waals surface area (Å²) in [5.41, 5.74) is 3.68. The van der Waals surface area contributed by atoms with Crippen LogP contribution in [0.2, 0.25) is 0 Å². The second-order valence-electron chi connectivity index (χ2n) is 12.6. The summed E-state index contributed by atoms with van der Waals surface area (Å²) >= 11 is 0. The molecule has 0 atom stereocenters. The fourth-order valence-corrected chi connectivity index (χ4v) is 5.35. The zero-order chi connectivity index (χ0) is 32.5. The van der Waals surface area contributed by atoms with Crippen LogP contribution in [-0.4, -0.2) is 62.4 Å². The van der Waals surface area contributed by atoms with Crippen LogP contribution < -0.4 is 21.3 Å². The Bertz CT molecular complexity index is 995. The van der Waals surface area contributed by atoms with Crippen LogP contribution in [0.15, 0.2) is 48.5 Å². The van der Waals surface area contributed by atoms with E-state index in [0.29, 0.717) is 19.8 Å². The van der Waals surface area contributed by atoms with Crippen LogP contribution in [0, 0.1) is 0 Å². The fourth-order valence-electron chi connectivity index (χ4n) is 5.35. The predicted molar refractivity (Wildman–Crippen MR) is 191 cm³/mol. The van der Waals surface area contributed by atoms with E-state index in [9.17, 15) is 9.59 Å².